The maximum absolute atomic E-state index is 13.1. The summed E-state index contributed by atoms with van der Waals surface area (Å²) in [6.45, 7) is 1.02. The van der Waals surface area contributed by atoms with Gasteiger partial charge in [0.25, 0.3) is 0 Å². The van der Waals surface area contributed by atoms with Crippen LogP contribution in [-0.4, -0.2) is 36.9 Å². The Kier molecular flexibility index (Phi) is 5.31. The molecule has 2 aromatic carbocycles. The molecule has 2 saturated heterocycles. The lowest BCUT2D eigenvalue weighted by atomic mass is 9.75. The highest BCUT2D eigenvalue weighted by molar-refractivity contribution is 5.98. The molecule has 2 heterocycles. The molecule has 4 rings (SSSR count). The molecule has 3 nitrogen and oxygen atoms in total. The van der Waals surface area contributed by atoms with Crippen LogP contribution in [0.2, 0.25) is 0 Å². The first kappa shape index (κ1) is 18.2. The Morgan fingerprint density at radius 3 is 2.19 bits per heavy atom. The Bertz CT molecular complexity index is 755. The normalized spacial score (nSPS) is 25.2. The second-order valence-corrected chi connectivity index (χ2v) is 8.37. The van der Waals surface area contributed by atoms with E-state index in [0.717, 1.165) is 30.6 Å². The minimum absolute atomic E-state index is 0.178. The van der Waals surface area contributed by atoms with E-state index in [1.165, 1.54) is 24.8 Å². The monoisotopic (exact) mass is 362 g/mol. The molecule has 0 aromatic heterocycles. The molecule has 2 atom stereocenters. The van der Waals surface area contributed by atoms with Gasteiger partial charge in [-0.25, -0.2) is 0 Å². The molecule has 2 bridgehead atoms. The summed E-state index contributed by atoms with van der Waals surface area (Å²) in [4.78, 5) is 17.9. The van der Waals surface area contributed by atoms with Crippen molar-refractivity contribution < 1.29 is 4.79 Å². The molecule has 142 valence electrons. The number of anilines is 1. The van der Waals surface area contributed by atoms with E-state index in [0.29, 0.717) is 17.9 Å². The average Bonchev–Trinajstić information content (AvgIpc) is 2.68. The third-order valence-corrected chi connectivity index (χ3v) is 6.37. The Balaban J connectivity index is 1.47. The van der Waals surface area contributed by atoms with Gasteiger partial charge in [-0.15, -0.1) is 0 Å². The zero-order valence-electron chi connectivity index (χ0n) is 16.5. The minimum Gasteiger partial charge on any atom is -0.378 e. The number of carbonyl (C=O) groups is 1. The molecule has 0 radical (unpaired) electrons. The van der Waals surface area contributed by atoms with Gasteiger partial charge in [-0.2, -0.15) is 0 Å². The van der Waals surface area contributed by atoms with Gasteiger partial charge in [-0.3, -0.25) is 9.69 Å². The van der Waals surface area contributed by atoms with Gasteiger partial charge in [0.15, 0.2) is 5.78 Å². The molecule has 0 aliphatic carbocycles. The topological polar surface area (TPSA) is 23.6 Å². The van der Waals surface area contributed by atoms with Crippen LogP contribution >= 0.6 is 0 Å². The van der Waals surface area contributed by atoms with Gasteiger partial charge in [-0.05, 0) is 55.5 Å². The van der Waals surface area contributed by atoms with Crippen LogP contribution in [0.15, 0.2) is 54.6 Å². The number of piperidine rings is 2. The number of ketones is 1. The Morgan fingerprint density at radius 2 is 1.59 bits per heavy atom. The first-order valence-corrected chi connectivity index (χ1v) is 10.2. The van der Waals surface area contributed by atoms with Gasteiger partial charge in [0.05, 0.1) is 0 Å². The summed E-state index contributed by atoms with van der Waals surface area (Å²) >= 11 is 0. The highest BCUT2D eigenvalue weighted by Gasteiger charge is 2.40. The summed E-state index contributed by atoms with van der Waals surface area (Å²) in [5, 5.41) is 0. The van der Waals surface area contributed by atoms with Crippen LogP contribution in [0.1, 0.15) is 48.0 Å². The maximum Gasteiger partial charge on any atom is 0.166 e. The van der Waals surface area contributed by atoms with Crippen molar-refractivity contribution in [1.29, 1.82) is 0 Å². The third kappa shape index (κ3) is 3.93. The summed E-state index contributed by atoms with van der Waals surface area (Å²) in [7, 11) is 4.06. The molecule has 0 spiro atoms. The summed E-state index contributed by atoms with van der Waals surface area (Å²) in [5.74, 6) is 0.522. The standard InChI is InChI=1S/C24H30N2O/c1-25(2)21-13-11-19(12-14-21)24(27)20-15-22-9-6-10-23(16-20)26(22)17-18-7-4-3-5-8-18/h3-5,7-8,11-14,20,22-23H,6,9-10,15-17H2,1-2H3. The van der Waals surface area contributed by atoms with Crippen molar-refractivity contribution in [3.63, 3.8) is 0 Å². The lowest BCUT2D eigenvalue weighted by Gasteiger charge is -2.48. The smallest absolute Gasteiger partial charge is 0.166 e. The fourth-order valence-corrected chi connectivity index (χ4v) is 4.90. The van der Waals surface area contributed by atoms with E-state index in [2.05, 4.69) is 52.3 Å². The van der Waals surface area contributed by atoms with Crippen molar-refractivity contribution in [2.24, 2.45) is 5.92 Å². The second kappa shape index (κ2) is 7.85. The largest absolute Gasteiger partial charge is 0.378 e. The van der Waals surface area contributed by atoms with Crippen LogP contribution in [0.3, 0.4) is 0 Å². The molecule has 3 heteroatoms. The Hall–Kier alpha value is -2.13. The van der Waals surface area contributed by atoms with Crippen molar-refractivity contribution in [2.75, 3.05) is 19.0 Å². The van der Waals surface area contributed by atoms with E-state index < -0.39 is 0 Å². The molecule has 2 aliphatic heterocycles. The van der Waals surface area contributed by atoms with Crippen LogP contribution in [0.4, 0.5) is 5.69 Å². The van der Waals surface area contributed by atoms with Gasteiger partial charge >= 0.3 is 0 Å². The van der Waals surface area contributed by atoms with Gasteiger partial charge in [0.2, 0.25) is 0 Å². The lowest BCUT2D eigenvalue weighted by Crippen LogP contribution is -2.52. The average molecular weight is 363 g/mol. The van der Waals surface area contributed by atoms with E-state index in [-0.39, 0.29) is 5.92 Å². The van der Waals surface area contributed by atoms with E-state index >= 15 is 0 Å². The Morgan fingerprint density at radius 1 is 0.963 bits per heavy atom. The van der Waals surface area contributed by atoms with Crippen LogP contribution in [0, 0.1) is 5.92 Å². The predicted octanol–water partition coefficient (Wildman–Crippen LogP) is 4.77. The minimum atomic E-state index is 0.178. The number of benzene rings is 2. The fourth-order valence-electron chi connectivity index (χ4n) is 4.90. The first-order valence-electron chi connectivity index (χ1n) is 10.2. The summed E-state index contributed by atoms with van der Waals surface area (Å²) in [5.41, 5.74) is 3.40. The van der Waals surface area contributed by atoms with Crippen molar-refractivity contribution >= 4 is 11.5 Å². The number of rotatable bonds is 5. The molecule has 0 saturated carbocycles. The third-order valence-electron chi connectivity index (χ3n) is 6.37. The summed E-state index contributed by atoms with van der Waals surface area (Å²) in [6.07, 6.45) is 5.79. The van der Waals surface area contributed by atoms with E-state index in [9.17, 15) is 4.79 Å². The lowest BCUT2D eigenvalue weighted by molar-refractivity contribution is 0.00906. The number of nitrogens with zero attached hydrogens (tertiary/aromatic N) is 2. The molecule has 2 aromatic rings. The number of fused-ring (bicyclic) bond motifs is 2. The molecule has 2 unspecified atom stereocenters. The number of hydrogen-bond acceptors (Lipinski definition) is 3. The fraction of sp³-hybridized carbons (Fsp3) is 0.458. The van der Waals surface area contributed by atoms with Crippen LogP contribution in [0.25, 0.3) is 0 Å². The number of carbonyl (C=O) groups excluding carboxylic acids is 1. The second-order valence-electron chi connectivity index (χ2n) is 8.37. The predicted molar refractivity (Wildman–Crippen MR) is 111 cm³/mol. The zero-order chi connectivity index (χ0) is 18.8. The quantitative estimate of drug-likeness (QED) is 0.716. The van der Waals surface area contributed by atoms with Gasteiger partial charge in [-0.1, -0.05) is 36.8 Å². The van der Waals surface area contributed by atoms with Crippen molar-refractivity contribution in [2.45, 2.75) is 50.7 Å². The molecular formula is C24H30N2O. The number of hydrogen-bond donors (Lipinski definition) is 0. The molecule has 0 N–H and O–H groups in total. The molecule has 2 aliphatic rings. The van der Waals surface area contributed by atoms with Crippen molar-refractivity contribution in [1.82, 2.24) is 4.90 Å². The Labute approximate surface area is 163 Å². The summed E-state index contributed by atoms with van der Waals surface area (Å²) in [6, 6.07) is 20.0. The molecule has 0 amide bonds. The maximum atomic E-state index is 13.1. The van der Waals surface area contributed by atoms with Crippen molar-refractivity contribution in [3.05, 3.63) is 65.7 Å². The van der Waals surface area contributed by atoms with Crippen molar-refractivity contribution in [3.8, 4) is 0 Å². The van der Waals surface area contributed by atoms with Crippen LogP contribution in [0.5, 0.6) is 0 Å². The molecule has 27 heavy (non-hydrogen) atoms. The molecular weight excluding hydrogens is 332 g/mol. The number of Topliss-reactive ketones (excluding diaryl/α,β-unsaturated/α-hetero) is 1. The zero-order valence-corrected chi connectivity index (χ0v) is 16.5. The van der Waals surface area contributed by atoms with Gasteiger partial charge < -0.3 is 4.90 Å². The first-order chi connectivity index (χ1) is 13.1. The van der Waals surface area contributed by atoms with Crippen LogP contribution in [-0.2, 0) is 6.54 Å². The van der Waals surface area contributed by atoms with Gasteiger partial charge in [0.1, 0.15) is 0 Å². The van der Waals surface area contributed by atoms with E-state index in [1.54, 1.807) is 0 Å². The summed E-state index contributed by atoms with van der Waals surface area (Å²) < 4.78 is 0. The van der Waals surface area contributed by atoms with Crippen LogP contribution < -0.4 is 4.90 Å². The highest BCUT2D eigenvalue weighted by Crippen LogP contribution is 2.39. The molecule has 2 fully saturated rings. The van der Waals surface area contributed by atoms with Gasteiger partial charge in [0, 0.05) is 49.9 Å². The van der Waals surface area contributed by atoms with E-state index in [1.807, 2.05) is 26.2 Å². The van der Waals surface area contributed by atoms with E-state index in [4.69, 9.17) is 0 Å². The SMILES string of the molecule is CN(C)c1ccc(C(=O)C2CC3CCCC(C2)N3Cc2ccccc2)cc1. The highest BCUT2D eigenvalue weighted by atomic mass is 16.1.